The van der Waals surface area contributed by atoms with Crippen LogP contribution in [0.5, 0.6) is 0 Å². The second-order valence-corrected chi connectivity index (χ2v) is 6.71. The Balaban J connectivity index is 1.48. The fourth-order valence-corrected chi connectivity index (χ4v) is 3.40. The summed E-state index contributed by atoms with van der Waals surface area (Å²) in [6.07, 6.45) is 4.45. The summed E-state index contributed by atoms with van der Waals surface area (Å²) in [5.41, 5.74) is 2.00. The fraction of sp³-hybridized carbons (Fsp3) is 0.300. The molecule has 1 N–H and O–H groups in total. The number of carbonyl (C=O) groups is 1. The maximum absolute atomic E-state index is 12.9. The van der Waals surface area contributed by atoms with Crippen molar-refractivity contribution < 1.29 is 4.79 Å². The van der Waals surface area contributed by atoms with Crippen molar-refractivity contribution >= 4 is 16.9 Å². The van der Waals surface area contributed by atoms with E-state index in [-0.39, 0.29) is 11.6 Å². The highest BCUT2D eigenvalue weighted by Gasteiger charge is 2.23. The molecule has 2 aromatic heterocycles. The highest BCUT2D eigenvalue weighted by Crippen LogP contribution is 2.11. The Morgan fingerprint density at radius 1 is 1.04 bits per heavy atom. The van der Waals surface area contributed by atoms with Crippen LogP contribution in [0.3, 0.4) is 0 Å². The molecule has 1 aliphatic rings. The molecule has 7 heteroatoms. The summed E-state index contributed by atoms with van der Waals surface area (Å²) in [5, 5.41) is 0. The zero-order valence-electron chi connectivity index (χ0n) is 15.0. The molecule has 0 saturated carbocycles. The van der Waals surface area contributed by atoms with Gasteiger partial charge >= 0.3 is 0 Å². The topological polar surface area (TPSA) is 82.2 Å². The van der Waals surface area contributed by atoms with Crippen LogP contribution >= 0.6 is 0 Å². The van der Waals surface area contributed by atoms with Gasteiger partial charge in [-0.1, -0.05) is 12.1 Å². The van der Waals surface area contributed by atoms with Crippen molar-refractivity contribution in [1.29, 1.82) is 0 Å². The first-order valence-electron chi connectivity index (χ1n) is 9.10. The molecule has 1 aromatic carbocycles. The highest BCUT2D eigenvalue weighted by atomic mass is 16.2. The van der Waals surface area contributed by atoms with E-state index in [2.05, 4.69) is 19.9 Å². The number of hydrogen-bond acceptors (Lipinski definition) is 5. The minimum Gasteiger partial charge on any atom is -0.336 e. The number of fused-ring (bicyclic) bond motifs is 1. The van der Waals surface area contributed by atoms with Crippen LogP contribution in [0.25, 0.3) is 11.0 Å². The summed E-state index contributed by atoms with van der Waals surface area (Å²) in [6.45, 7) is 3.71. The molecule has 1 saturated heterocycles. The van der Waals surface area contributed by atoms with Gasteiger partial charge in [0.1, 0.15) is 0 Å². The van der Waals surface area contributed by atoms with Crippen molar-refractivity contribution in [3.63, 3.8) is 0 Å². The standard InChI is InChI=1S/C20H21N5O2/c26-19-18(22-16-4-1-2-5-17(16)23-19)20(27)25-11-3-10-24(12-13-25)14-15-6-8-21-9-7-15/h1-2,4-9H,3,10-14H2,(H,23,26). The third-order valence-corrected chi connectivity index (χ3v) is 4.83. The summed E-state index contributed by atoms with van der Waals surface area (Å²) in [4.78, 5) is 40.4. The lowest BCUT2D eigenvalue weighted by Gasteiger charge is -2.21. The lowest BCUT2D eigenvalue weighted by Crippen LogP contribution is -2.38. The summed E-state index contributed by atoms with van der Waals surface area (Å²) < 4.78 is 0. The van der Waals surface area contributed by atoms with Crippen LogP contribution < -0.4 is 5.56 Å². The predicted octanol–water partition coefficient (Wildman–Crippen LogP) is 1.67. The van der Waals surface area contributed by atoms with Crippen LogP contribution in [0.4, 0.5) is 0 Å². The molecular formula is C20H21N5O2. The second kappa shape index (κ2) is 7.67. The minimum absolute atomic E-state index is 0.0312. The van der Waals surface area contributed by atoms with Crippen molar-refractivity contribution in [3.05, 3.63) is 70.4 Å². The van der Waals surface area contributed by atoms with Crippen molar-refractivity contribution in [1.82, 2.24) is 24.8 Å². The van der Waals surface area contributed by atoms with E-state index in [9.17, 15) is 9.59 Å². The average molecular weight is 363 g/mol. The smallest absolute Gasteiger partial charge is 0.280 e. The third kappa shape index (κ3) is 3.88. The van der Waals surface area contributed by atoms with Gasteiger partial charge in [-0.05, 0) is 36.2 Å². The lowest BCUT2D eigenvalue weighted by atomic mass is 10.2. The number of nitrogens with one attached hydrogen (secondary N) is 1. The number of para-hydroxylation sites is 2. The third-order valence-electron chi connectivity index (χ3n) is 4.83. The van der Waals surface area contributed by atoms with Gasteiger partial charge in [-0.3, -0.25) is 19.5 Å². The average Bonchev–Trinajstić information content (AvgIpc) is 2.93. The first kappa shape index (κ1) is 17.4. The lowest BCUT2D eigenvalue weighted by molar-refractivity contribution is 0.0753. The first-order valence-corrected chi connectivity index (χ1v) is 9.10. The number of carbonyl (C=O) groups excluding carboxylic acids is 1. The summed E-state index contributed by atoms with van der Waals surface area (Å²) in [6, 6.07) is 11.2. The van der Waals surface area contributed by atoms with Gasteiger partial charge in [0, 0.05) is 45.1 Å². The van der Waals surface area contributed by atoms with Gasteiger partial charge < -0.3 is 9.88 Å². The summed E-state index contributed by atoms with van der Waals surface area (Å²) >= 11 is 0. The predicted molar refractivity (Wildman–Crippen MR) is 102 cm³/mol. The summed E-state index contributed by atoms with van der Waals surface area (Å²) in [5.74, 6) is -0.298. The van der Waals surface area contributed by atoms with Gasteiger partial charge in [-0.15, -0.1) is 0 Å². The Hall–Kier alpha value is -3.06. The number of H-pyrrole nitrogens is 1. The van der Waals surface area contributed by atoms with Gasteiger partial charge in [0.2, 0.25) is 0 Å². The monoisotopic (exact) mass is 363 g/mol. The number of hydrogen-bond donors (Lipinski definition) is 1. The van der Waals surface area contributed by atoms with Crippen molar-refractivity contribution in [2.45, 2.75) is 13.0 Å². The van der Waals surface area contributed by atoms with Gasteiger partial charge in [0.25, 0.3) is 11.5 Å². The van der Waals surface area contributed by atoms with E-state index >= 15 is 0 Å². The molecule has 3 heterocycles. The number of nitrogens with zero attached hydrogens (tertiary/aromatic N) is 4. The van der Waals surface area contributed by atoms with E-state index < -0.39 is 5.56 Å². The van der Waals surface area contributed by atoms with E-state index in [4.69, 9.17) is 0 Å². The van der Waals surface area contributed by atoms with E-state index in [0.717, 1.165) is 26.1 Å². The number of rotatable bonds is 3. The minimum atomic E-state index is -0.434. The normalized spacial score (nSPS) is 15.6. The molecule has 4 rings (SSSR count). The zero-order chi connectivity index (χ0) is 18.6. The highest BCUT2D eigenvalue weighted by molar-refractivity contribution is 5.93. The summed E-state index contributed by atoms with van der Waals surface area (Å²) in [7, 11) is 0. The van der Waals surface area contributed by atoms with Crippen LogP contribution in [0.2, 0.25) is 0 Å². The van der Waals surface area contributed by atoms with Crippen molar-refractivity contribution in [2.75, 3.05) is 26.2 Å². The Labute approximate surface area is 156 Å². The van der Waals surface area contributed by atoms with Crippen LogP contribution in [-0.4, -0.2) is 56.8 Å². The number of pyridine rings is 1. The van der Waals surface area contributed by atoms with E-state index in [0.29, 0.717) is 24.1 Å². The second-order valence-electron chi connectivity index (χ2n) is 6.71. The Kier molecular flexibility index (Phi) is 4.93. The molecule has 7 nitrogen and oxygen atoms in total. The molecular weight excluding hydrogens is 342 g/mol. The van der Waals surface area contributed by atoms with Gasteiger partial charge in [-0.25, -0.2) is 4.98 Å². The molecule has 3 aromatic rings. The van der Waals surface area contributed by atoms with Crippen LogP contribution in [0.15, 0.2) is 53.6 Å². The van der Waals surface area contributed by atoms with Gasteiger partial charge in [-0.2, -0.15) is 0 Å². The molecule has 1 amide bonds. The number of aromatic nitrogens is 3. The maximum atomic E-state index is 12.9. The first-order chi connectivity index (χ1) is 13.2. The quantitative estimate of drug-likeness (QED) is 0.765. The Bertz CT molecular complexity index is 1000. The van der Waals surface area contributed by atoms with E-state index in [1.807, 2.05) is 24.3 Å². The molecule has 0 unspecified atom stereocenters. The Morgan fingerprint density at radius 3 is 2.70 bits per heavy atom. The molecule has 0 spiro atoms. The number of amides is 1. The molecule has 138 valence electrons. The molecule has 0 bridgehead atoms. The largest absolute Gasteiger partial charge is 0.336 e. The molecule has 1 aliphatic heterocycles. The van der Waals surface area contributed by atoms with E-state index in [1.54, 1.807) is 29.4 Å². The van der Waals surface area contributed by atoms with Crippen molar-refractivity contribution in [3.8, 4) is 0 Å². The van der Waals surface area contributed by atoms with Crippen LogP contribution in [-0.2, 0) is 6.54 Å². The van der Waals surface area contributed by atoms with Gasteiger partial charge in [0.05, 0.1) is 11.0 Å². The molecule has 27 heavy (non-hydrogen) atoms. The van der Waals surface area contributed by atoms with Crippen LogP contribution in [0, 0.1) is 0 Å². The van der Waals surface area contributed by atoms with E-state index in [1.165, 1.54) is 5.56 Å². The van der Waals surface area contributed by atoms with Gasteiger partial charge in [0.15, 0.2) is 5.69 Å². The Morgan fingerprint density at radius 2 is 1.85 bits per heavy atom. The number of aromatic amines is 1. The number of benzene rings is 1. The zero-order valence-corrected chi connectivity index (χ0v) is 15.0. The molecule has 0 radical (unpaired) electrons. The maximum Gasteiger partial charge on any atom is 0.280 e. The SMILES string of the molecule is O=C(c1nc2ccccc2[nH]c1=O)N1CCCN(Cc2ccncc2)CC1. The molecule has 0 aliphatic carbocycles. The fourth-order valence-electron chi connectivity index (χ4n) is 3.40. The van der Waals surface area contributed by atoms with Crippen LogP contribution in [0.1, 0.15) is 22.5 Å². The molecule has 0 atom stereocenters. The van der Waals surface area contributed by atoms with Crippen molar-refractivity contribution in [2.24, 2.45) is 0 Å². The molecule has 1 fully saturated rings.